The zero-order chi connectivity index (χ0) is 22.1. The van der Waals surface area contributed by atoms with Crippen LogP contribution >= 0.6 is 11.3 Å². The van der Waals surface area contributed by atoms with E-state index < -0.39 is 5.97 Å². The van der Waals surface area contributed by atoms with Gasteiger partial charge in [0.25, 0.3) is 5.91 Å². The van der Waals surface area contributed by atoms with E-state index in [1.807, 2.05) is 54.8 Å². The molecule has 162 valence electrons. The first kappa shape index (κ1) is 22.4. The van der Waals surface area contributed by atoms with Crippen molar-refractivity contribution >= 4 is 28.2 Å². The largest absolute Gasteiger partial charge is 0.494 e. The average molecular weight is 440 g/mol. The topological polar surface area (TPSA) is 73.9 Å². The van der Waals surface area contributed by atoms with E-state index in [4.69, 9.17) is 14.2 Å². The summed E-state index contributed by atoms with van der Waals surface area (Å²) in [6.07, 6.45) is 0.927. The number of para-hydroxylation sites is 1. The van der Waals surface area contributed by atoms with Crippen LogP contribution in [0.4, 0.5) is 5.00 Å². The van der Waals surface area contributed by atoms with Crippen molar-refractivity contribution in [3.05, 3.63) is 65.5 Å². The van der Waals surface area contributed by atoms with Crippen molar-refractivity contribution in [2.75, 3.05) is 25.1 Å². The van der Waals surface area contributed by atoms with Crippen LogP contribution in [0.5, 0.6) is 11.5 Å². The van der Waals surface area contributed by atoms with Gasteiger partial charge in [0, 0.05) is 10.9 Å². The maximum Gasteiger partial charge on any atom is 0.341 e. The molecular formula is C24H25NO5S. The summed E-state index contributed by atoms with van der Waals surface area (Å²) in [5, 5.41) is 5.05. The number of nitrogens with one attached hydrogen (secondary N) is 1. The molecule has 0 aliphatic rings. The zero-order valence-corrected chi connectivity index (χ0v) is 18.4. The molecule has 1 N–H and O–H groups in total. The molecule has 0 bridgehead atoms. The lowest BCUT2D eigenvalue weighted by molar-refractivity contribution is -0.118. The first-order valence-electron chi connectivity index (χ1n) is 10.1. The van der Waals surface area contributed by atoms with Crippen LogP contribution in [0.15, 0.2) is 60.0 Å². The van der Waals surface area contributed by atoms with Crippen molar-refractivity contribution in [3.63, 3.8) is 0 Å². The highest BCUT2D eigenvalue weighted by Crippen LogP contribution is 2.37. The maximum absolute atomic E-state index is 12.7. The molecule has 3 aromatic rings. The van der Waals surface area contributed by atoms with Gasteiger partial charge in [-0.2, -0.15) is 0 Å². The Balaban J connectivity index is 1.78. The van der Waals surface area contributed by atoms with E-state index in [1.165, 1.54) is 11.3 Å². The van der Waals surface area contributed by atoms with Crippen molar-refractivity contribution in [2.24, 2.45) is 0 Å². The van der Waals surface area contributed by atoms with E-state index >= 15 is 0 Å². The molecule has 0 unspecified atom stereocenters. The summed E-state index contributed by atoms with van der Waals surface area (Å²) in [5.41, 5.74) is 1.87. The van der Waals surface area contributed by atoms with Gasteiger partial charge in [0.2, 0.25) is 0 Å². The van der Waals surface area contributed by atoms with Crippen molar-refractivity contribution in [2.45, 2.75) is 20.3 Å². The number of carbonyl (C=O) groups is 2. The fourth-order valence-corrected chi connectivity index (χ4v) is 3.82. The number of anilines is 1. The summed E-state index contributed by atoms with van der Waals surface area (Å²) in [7, 11) is 0. The Kier molecular flexibility index (Phi) is 8.06. The lowest BCUT2D eigenvalue weighted by Crippen LogP contribution is -2.21. The third kappa shape index (κ3) is 6.08. The van der Waals surface area contributed by atoms with Gasteiger partial charge in [-0.3, -0.25) is 4.79 Å². The Bertz CT molecular complexity index is 999. The molecular weight excluding hydrogens is 414 g/mol. The van der Waals surface area contributed by atoms with E-state index in [0.29, 0.717) is 28.5 Å². The summed E-state index contributed by atoms with van der Waals surface area (Å²) >= 11 is 1.27. The molecule has 0 aliphatic carbocycles. The molecule has 0 aliphatic heterocycles. The van der Waals surface area contributed by atoms with Crippen LogP contribution in [0.1, 0.15) is 30.6 Å². The molecule has 0 radical (unpaired) electrons. The summed E-state index contributed by atoms with van der Waals surface area (Å²) in [6.45, 7) is 4.51. The van der Waals surface area contributed by atoms with Crippen LogP contribution < -0.4 is 14.8 Å². The van der Waals surface area contributed by atoms with Crippen LogP contribution in [-0.2, 0) is 9.53 Å². The fraction of sp³-hybridized carbons (Fsp3) is 0.250. The molecule has 2 aromatic carbocycles. The lowest BCUT2D eigenvalue weighted by Gasteiger charge is -2.10. The number of thiophene rings is 1. The quantitative estimate of drug-likeness (QED) is 0.428. The third-order valence-corrected chi connectivity index (χ3v) is 5.17. The molecule has 0 fully saturated rings. The Hall–Kier alpha value is -3.32. The number of rotatable bonds is 10. The van der Waals surface area contributed by atoms with Crippen molar-refractivity contribution in [1.29, 1.82) is 0 Å². The number of ether oxygens (including phenoxy) is 3. The minimum atomic E-state index is -0.482. The molecule has 7 heteroatoms. The monoisotopic (exact) mass is 439 g/mol. The summed E-state index contributed by atoms with van der Waals surface area (Å²) in [5.74, 6) is 0.529. The van der Waals surface area contributed by atoms with Crippen molar-refractivity contribution in [1.82, 2.24) is 0 Å². The minimum Gasteiger partial charge on any atom is -0.494 e. The van der Waals surface area contributed by atoms with Crippen LogP contribution in [0, 0.1) is 0 Å². The number of carbonyl (C=O) groups excluding carboxylic acids is 2. The van der Waals surface area contributed by atoms with E-state index in [1.54, 1.807) is 19.1 Å². The summed E-state index contributed by atoms with van der Waals surface area (Å²) in [4.78, 5) is 25.1. The van der Waals surface area contributed by atoms with Crippen LogP contribution in [0.2, 0.25) is 0 Å². The highest BCUT2D eigenvalue weighted by atomic mass is 32.1. The molecule has 0 saturated heterocycles. The SMILES string of the molecule is CCCOc1ccc(-c2csc(NC(=O)COc3ccccc3)c2C(=O)OCC)cc1. The second-order valence-electron chi connectivity index (χ2n) is 6.60. The van der Waals surface area contributed by atoms with Crippen molar-refractivity contribution in [3.8, 4) is 22.6 Å². The third-order valence-electron chi connectivity index (χ3n) is 4.27. The number of amides is 1. The van der Waals surface area contributed by atoms with E-state index in [2.05, 4.69) is 5.32 Å². The lowest BCUT2D eigenvalue weighted by atomic mass is 10.0. The molecule has 0 spiro atoms. The Morgan fingerprint density at radius 1 is 0.935 bits per heavy atom. The fourth-order valence-electron chi connectivity index (χ4n) is 2.85. The first-order valence-corrected chi connectivity index (χ1v) is 11.0. The smallest absolute Gasteiger partial charge is 0.341 e. The first-order chi connectivity index (χ1) is 15.1. The van der Waals surface area contributed by atoms with Gasteiger partial charge in [-0.25, -0.2) is 4.79 Å². The van der Waals surface area contributed by atoms with E-state index in [9.17, 15) is 9.59 Å². The second kappa shape index (κ2) is 11.2. The Morgan fingerprint density at radius 3 is 2.32 bits per heavy atom. The standard InChI is InChI=1S/C24H25NO5S/c1-3-14-29-19-12-10-17(11-13-19)20-16-31-23(22(20)24(27)28-4-2)25-21(26)15-30-18-8-6-5-7-9-18/h5-13,16H,3-4,14-15H2,1-2H3,(H,25,26). The van der Waals surface area contributed by atoms with Gasteiger partial charge >= 0.3 is 5.97 Å². The molecule has 0 saturated carbocycles. The highest BCUT2D eigenvalue weighted by molar-refractivity contribution is 7.15. The zero-order valence-electron chi connectivity index (χ0n) is 17.6. The van der Waals surface area contributed by atoms with Gasteiger partial charge in [0.1, 0.15) is 22.1 Å². The van der Waals surface area contributed by atoms with Crippen LogP contribution in [0.3, 0.4) is 0 Å². The predicted molar refractivity (Wildman–Crippen MR) is 122 cm³/mol. The highest BCUT2D eigenvalue weighted by Gasteiger charge is 2.23. The number of hydrogen-bond donors (Lipinski definition) is 1. The number of benzene rings is 2. The number of hydrogen-bond acceptors (Lipinski definition) is 6. The van der Waals surface area contributed by atoms with Crippen molar-refractivity contribution < 1.29 is 23.8 Å². The van der Waals surface area contributed by atoms with Gasteiger partial charge in [0.15, 0.2) is 6.61 Å². The van der Waals surface area contributed by atoms with Crippen LogP contribution in [-0.4, -0.2) is 31.7 Å². The van der Waals surface area contributed by atoms with Crippen LogP contribution in [0.25, 0.3) is 11.1 Å². The molecule has 1 aromatic heterocycles. The summed E-state index contributed by atoms with van der Waals surface area (Å²) in [6, 6.07) is 16.6. The minimum absolute atomic E-state index is 0.164. The molecule has 0 atom stereocenters. The Labute approximate surface area is 185 Å². The molecule has 1 amide bonds. The second-order valence-corrected chi connectivity index (χ2v) is 7.48. The maximum atomic E-state index is 12.7. The molecule has 1 heterocycles. The predicted octanol–water partition coefficient (Wildman–Crippen LogP) is 5.40. The normalized spacial score (nSPS) is 10.4. The number of esters is 1. The van der Waals surface area contributed by atoms with Gasteiger partial charge in [-0.1, -0.05) is 37.3 Å². The molecule has 31 heavy (non-hydrogen) atoms. The van der Waals surface area contributed by atoms with Gasteiger partial charge in [-0.05, 0) is 43.2 Å². The Morgan fingerprint density at radius 2 is 1.65 bits per heavy atom. The summed E-state index contributed by atoms with van der Waals surface area (Å²) < 4.78 is 16.3. The molecule has 3 rings (SSSR count). The van der Waals surface area contributed by atoms with E-state index in [0.717, 1.165) is 17.7 Å². The average Bonchev–Trinajstić information content (AvgIpc) is 3.21. The van der Waals surface area contributed by atoms with Gasteiger partial charge < -0.3 is 19.5 Å². The van der Waals surface area contributed by atoms with Gasteiger partial charge in [-0.15, -0.1) is 11.3 Å². The van der Waals surface area contributed by atoms with E-state index in [-0.39, 0.29) is 19.1 Å². The molecule has 6 nitrogen and oxygen atoms in total. The van der Waals surface area contributed by atoms with Gasteiger partial charge in [0.05, 0.1) is 13.2 Å².